The molecule has 21 heavy (non-hydrogen) atoms. The Morgan fingerprint density at radius 1 is 1.19 bits per heavy atom. The van der Waals surface area contributed by atoms with Gasteiger partial charge in [0.1, 0.15) is 17.1 Å². The average Bonchev–Trinajstić information content (AvgIpc) is 2.45. The molecule has 1 aliphatic heterocycles. The first-order valence-electron chi connectivity index (χ1n) is 7.57. The summed E-state index contributed by atoms with van der Waals surface area (Å²) >= 11 is 0. The maximum absolute atomic E-state index is 6.34. The molecule has 4 heteroatoms. The zero-order valence-electron chi connectivity index (χ0n) is 13.8. The van der Waals surface area contributed by atoms with Gasteiger partial charge < -0.3 is 19.9 Å². The van der Waals surface area contributed by atoms with Gasteiger partial charge in [-0.05, 0) is 70.2 Å². The Hall–Kier alpha value is -1.26. The number of methoxy groups -OCH3 is 1. The number of hydrogen-bond acceptors (Lipinski definition) is 4. The highest BCUT2D eigenvalue weighted by atomic mass is 16.7. The van der Waals surface area contributed by atoms with Gasteiger partial charge in [-0.2, -0.15) is 0 Å². The van der Waals surface area contributed by atoms with Gasteiger partial charge in [0.25, 0.3) is 0 Å². The summed E-state index contributed by atoms with van der Waals surface area (Å²) in [4.78, 5) is 0. The topological polar surface area (TPSA) is 53.7 Å². The minimum Gasteiger partial charge on any atom is -0.487 e. The molecule has 4 nitrogen and oxygen atoms in total. The summed E-state index contributed by atoms with van der Waals surface area (Å²) in [7, 11) is 1.64. The van der Waals surface area contributed by atoms with Crippen LogP contribution in [-0.2, 0) is 11.2 Å². The molecular formula is C17H27NO3. The summed E-state index contributed by atoms with van der Waals surface area (Å²) in [5, 5.41) is 0. The van der Waals surface area contributed by atoms with Crippen molar-refractivity contribution >= 4 is 0 Å². The number of benzene rings is 1. The van der Waals surface area contributed by atoms with E-state index in [0.29, 0.717) is 6.54 Å². The summed E-state index contributed by atoms with van der Waals surface area (Å²) in [5.74, 6) is 1.95. The first-order chi connectivity index (χ1) is 9.93. The molecule has 0 saturated carbocycles. The van der Waals surface area contributed by atoms with Crippen molar-refractivity contribution in [2.75, 3.05) is 20.4 Å². The largest absolute Gasteiger partial charge is 0.487 e. The lowest BCUT2D eigenvalue weighted by Crippen LogP contribution is -2.39. The predicted molar refractivity (Wildman–Crippen MR) is 84.2 cm³/mol. The van der Waals surface area contributed by atoms with Crippen LogP contribution in [0.5, 0.6) is 11.5 Å². The highest BCUT2D eigenvalue weighted by Crippen LogP contribution is 2.44. The third-order valence-corrected chi connectivity index (χ3v) is 4.56. The van der Waals surface area contributed by atoms with Crippen LogP contribution < -0.4 is 15.2 Å². The Kier molecular flexibility index (Phi) is 4.79. The second-order valence-corrected chi connectivity index (χ2v) is 6.15. The molecular weight excluding hydrogens is 266 g/mol. The Morgan fingerprint density at radius 2 is 1.90 bits per heavy atom. The zero-order valence-corrected chi connectivity index (χ0v) is 13.8. The van der Waals surface area contributed by atoms with Crippen LogP contribution in [0.3, 0.4) is 0 Å². The molecule has 1 heterocycles. The Bertz CT molecular complexity index is 528. The molecule has 0 bridgehead atoms. The summed E-state index contributed by atoms with van der Waals surface area (Å²) < 4.78 is 17.1. The molecule has 1 atom stereocenters. The van der Waals surface area contributed by atoms with E-state index >= 15 is 0 Å². The molecule has 0 saturated heterocycles. The molecule has 0 aromatic heterocycles. The summed E-state index contributed by atoms with van der Waals surface area (Å²) in [5.41, 5.74) is 10.3. The first kappa shape index (κ1) is 16.1. The fourth-order valence-corrected chi connectivity index (χ4v) is 3.10. The zero-order chi connectivity index (χ0) is 15.6. The van der Waals surface area contributed by atoms with Gasteiger partial charge in [-0.25, -0.2) is 0 Å². The van der Waals surface area contributed by atoms with Crippen molar-refractivity contribution in [3.63, 3.8) is 0 Å². The molecule has 118 valence electrons. The maximum atomic E-state index is 6.34. The number of ether oxygens (including phenoxy) is 3. The molecule has 1 aliphatic rings. The molecule has 0 aliphatic carbocycles. The van der Waals surface area contributed by atoms with Crippen LogP contribution in [0.2, 0.25) is 0 Å². The highest BCUT2D eigenvalue weighted by Gasteiger charge is 2.34. The van der Waals surface area contributed by atoms with Crippen molar-refractivity contribution in [3.8, 4) is 11.5 Å². The van der Waals surface area contributed by atoms with Gasteiger partial charge in [-0.1, -0.05) is 0 Å². The van der Waals surface area contributed by atoms with E-state index in [9.17, 15) is 0 Å². The normalized spacial score (nSPS) is 20.9. The minimum atomic E-state index is -0.152. The van der Waals surface area contributed by atoms with Gasteiger partial charge >= 0.3 is 0 Å². The molecule has 1 aromatic carbocycles. The number of hydrogen-bond donors (Lipinski definition) is 1. The van der Waals surface area contributed by atoms with Crippen molar-refractivity contribution in [3.05, 3.63) is 22.3 Å². The van der Waals surface area contributed by atoms with Gasteiger partial charge in [0, 0.05) is 12.7 Å². The fraction of sp³-hybridized carbons (Fsp3) is 0.647. The maximum Gasteiger partial charge on any atom is 0.188 e. The third kappa shape index (κ3) is 3.01. The van der Waals surface area contributed by atoms with E-state index in [1.165, 1.54) is 11.1 Å². The van der Waals surface area contributed by atoms with Crippen molar-refractivity contribution in [1.82, 2.24) is 0 Å². The van der Waals surface area contributed by atoms with Crippen LogP contribution in [0.15, 0.2) is 0 Å². The van der Waals surface area contributed by atoms with E-state index in [0.717, 1.165) is 41.9 Å². The Morgan fingerprint density at radius 3 is 2.52 bits per heavy atom. The molecule has 0 fully saturated rings. The second-order valence-electron chi connectivity index (χ2n) is 6.15. The van der Waals surface area contributed by atoms with Gasteiger partial charge in [-0.15, -0.1) is 0 Å². The smallest absolute Gasteiger partial charge is 0.188 e. The van der Waals surface area contributed by atoms with E-state index < -0.39 is 0 Å². The van der Waals surface area contributed by atoms with Crippen molar-refractivity contribution in [1.29, 1.82) is 0 Å². The number of fused-ring (bicyclic) bond motifs is 1. The van der Waals surface area contributed by atoms with Crippen molar-refractivity contribution in [2.45, 2.75) is 52.6 Å². The summed E-state index contributed by atoms with van der Waals surface area (Å²) in [6.45, 7) is 9.35. The lowest BCUT2D eigenvalue weighted by molar-refractivity contribution is 0.0469. The number of nitrogens with two attached hydrogens (primary N) is 1. The molecule has 1 unspecified atom stereocenters. The van der Waals surface area contributed by atoms with Gasteiger partial charge in [-0.3, -0.25) is 0 Å². The number of rotatable bonds is 5. The predicted octanol–water partition coefficient (Wildman–Crippen LogP) is 3.03. The average molecular weight is 293 g/mol. The van der Waals surface area contributed by atoms with Crippen LogP contribution >= 0.6 is 0 Å². The minimum absolute atomic E-state index is 0.152. The molecule has 2 rings (SSSR count). The standard InChI is InChI=1S/C17H27NO3/c1-11-12(2)16-14(13(3)15(11)20-10-19-5)6-7-17(4,21-16)8-9-18/h6-10,18H2,1-5H3. The highest BCUT2D eigenvalue weighted by molar-refractivity contribution is 5.58. The van der Waals surface area contributed by atoms with Crippen LogP contribution in [0, 0.1) is 20.8 Å². The van der Waals surface area contributed by atoms with Crippen molar-refractivity contribution in [2.24, 2.45) is 5.73 Å². The Balaban J connectivity index is 2.43. The SMILES string of the molecule is COCOc1c(C)c(C)c2c(c1C)CCC(C)(CCN)O2. The van der Waals surface area contributed by atoms with Gasteiger partial charge in [0.15, 0.2) is 6.79 Å². The summed E-state index contributed by atoms with van der Waals surface area (Å²) in [6.07, 6.45) is 2.87. The lowest BCUT2D eigenvalue weighted by Gasteiger charge is -2.38. The third-order valence-electron chi connectivity index (χ3n) is 4.56. The molecule has 2 N–H and O–H groups in total. The van der Waals surface area contributed by atoms with Crippen LogP contribution in [0.4, 0.5) is 0 Å². The molecule has 0 spiro atoms. The monoisotopic (exact) mass is 293 g/mol. The molecule has 1 aromatic rings. The van der Waals surface area contributed by atoms with Gasteiger partial charge in [0.05, 0.1) is 0 Å². The lowest BCUT2D eigenvalue weighted by atomic mass is 9.85. The summed E-state index contributed by atoms with van der Waals surface area (Å²) in [6, 6.07) is 0. The van der Waals surface area contributed by atoms with Crippen LogP contribution in [0.1, 0.15) is 42.0 Å². The van der Waals surface area contributed by atoms with E-state index in [4.69, 9.17) is 19.9 Å². The second kappa shape index (κ2) is 6.24. The molecule has 0 radical (unpaired) electrons. The quantitative estimate of drug-likeness (QED) is 0.848. The van der Waals surface area contributed by atoms with E-state index in [1.54, 1.807) is 7.11 Å². The van der Waals surface area contributed by atoms with Crippen molar-refractivity contribution < 1.29 is 14.2 Å². The van der Waals surface area contributed by atoms with E-state index in [2.05, 4.69) is 27.7 Å². The van der Waals surface area contributed by atoms with Crippen LogP contribution in [0.25, 0.3) is 0 Å². The first-order valence-corrected chi connectivity index (χ1v) is 7.57. The molecule has 0 amide bonds. The van der Waals surface area contributed by atoms with Gasteiger partial charge in [0.2, 0.25) is 0 Å². The van der Waals surface area contributed by atoms with E-state index in [1.807, 2.05) is 0 Å². The fourth-order valence-electron chi connectivity index (χ4n) is 3.10. The van der Waals surface area contributed by atoms with Crippen LogP contribution in [-0.4, -0.2) is 26.0 Å². The van der Waals surface area contributed by atoms with E-state index in [-0.39, 0.29) is 12.4 Å². The Labute approximate surface area is 127 Å².